The molecule has 0 unspecified atom stereocenters. The third kappa shape index (κ3) is 4.96. The van der Waals surface area contributed by atoms with Crippen LogP contribution < -0.4 is 10.1 Å². The van der Waals surface area contributed by atoms with Crippen LogP contribution in [0, 0.1) is 0 Å². The molecule has 132 valence electrons. The van der Waals surface area contributed by atoms with E-state index in [-0.39, 0.29) is 5.91 Å². The van der Waals surface area contributed by atoms with E-state index in [0.717, 1.165) is 15.7 Å². The lowest BCUT2D eigenvalue weighted by atomic mass is 10.2. The van der Waals surface area contributed by atoms with Crippen molar-refractivity contribution in [2.75, 3.05) is 6.61 Å². The van der Waals surface area contributed by atoms with E-state index in [1.165, 1.54) is 11.8 Å². The number of carbonyl (C=O) groups excluding carboxylic acids is 1. The second-order valence-electron chi connectivity index (χ2n) is 5.21. The molecule has 1 amide bonds. The molecule has 3 rings (SSSR count). The Bertz CT molecular complexity index is 892. The minimum absolute atomic E-state index is 0.211. The van der Waals surface area contributed by atoms with Gasteiger partial charge in [0, 0.05) is 4.47 Å². The van der Waals surface area contributed by atoms with Gasteiger partial charge < -0.3 is 15.2 Å². The number of aliphatic carboxylic acids is 1. The zero-order chi connectivity index (χ0) is 18.5. The normalized spacial score (nSPS) is 16.7. The molecule has 0 bridgehead atoms. The largest absolute Gasteiger partial charge is 0.482 e. The fraction of sp³-hybridized carbons (Fsp3) is 0.0556. The predicted molar refractivity (Wildman–Crippen MR) is 105 cm³/mol. The van der Waals surface area contributed by atoms with E-state index in [1.807, 2.05) is 24.3 Å². The summed E-state index contributed by atoms with van der Waals surface area (Å²) in [7, 11) is 0. The molecule has 0 atom stereocenters. The first kappa shape index (κ1) is 18.2. The number of amidine groups is 1. The number of hydrogen-bond acceptors (Lipinski definition) is 5. The molecular weight excluding hydrogens is 420 g/mol. The van der Waals surface area contributed by atoms with Gasteiger partial charge in [0.15, 0.2) is 11.8 Å². The quantitative estimate of drug-likeness (QED) is 0.701. The summed E-state index contributed by atoms with van der Waals surface area (Å²) >= 11 is 4.63. The number of thioether (sulfide) groups is 1. The van der Waals surface area contributed by atoms with Crippen molar-refractivity contribution in [1.29, 1.82) is 0 Å². The molecule has 1 aliphatic heterocycles. The van der Waals surface area contributed by atoms with Crippen molar-refractivity contribution in [3.05, 3.63) is 63.5 Å². The molecule has 0 aromatic heterocycles. The highest BCUT2D eigenvalue weighted by Crippen LogP contribution is 2.28. The standard InChI is InChI=1S/C18H13BrN2O4S/c19-12-3-5-13(6-4-12)20-18-21-17(24)15(26-18)9-11-1-7-14(8-2-11)25-10-16(22)23/h1-9H,10H2,(H,22,23)(H,20,21,24)/b15-9-. The van der Waals surface area contributed by atoms with Gasteiger partial charge in [0.1, 0.15) is 5.75 Å². The Morgan fingerprint density at radius 2 is 1.88 bits per heavy atom. The fourth-order valence-electron chi connectivity index (χ4n) is 2.07. The summed E-state index contributed by atoms with van der Waals surface area (Å²) in [6, 6.07) is 14.3. The first-order valence-electron chi connectivity index (χ1n) is 7.49. The molecule has 6 nitrogen and oxygen atoms in total. The van der Waals surface area contributed by atoms with Crippen LogP contribution in [0.2, 0.25) is 0 Å². The zero-order valence-corrected chi connectivity index (χ0v) is 15.7. The summed E-state index contributed by atoms with van der Waals surface area (Å²) in [5, 5.41) is 11.9. The molecule has 1 fully saturated rings. The van der Waals surface area contributed by atoms with Gasteiger partial charge in [-0.15, -0.1) is 0 Å². The Morgan fingerprint density at radius 3 is 2.54 bits per heavy atom. The van der Waals surface area contributed by atoms with E-state index in [1.54, 1.807) is 30.3 Å². The SMILES string of the molecule is O=C(O)COc1ccc(/C=C2\SC(=Nc3ccc(Br)cc3)NC2=O)cc1. The average Bonchev–Trinajstić information content (AvgIpc) is 2.95. The van der Waals surface area contributed by atoms with Gasteiger partial charge in [-0.25, -0.2) is 9.79 Å². The number of rotatable bonds is 5. The number of nitrogens with one attached hydrogen (secondary N) is 1. The maximum absolute atomic E-state index is 12.1. The molecular formula is C18H13BrN2O4S. The van der Waals surface area contributed by atoms with Crippen molar-refractivity contribution in [3.8, 4) is 5.75 Å². The predicted octanol–water partition coefficient (Wildman–Crippen LogP) is 3.80. The highest BCUT2D eigenvalue weighted by atomic mass is 79.9. The maximum atomic E-state index is 12.1. The summed E-state index contributed by atoms with van der Waals surface area (Å²) < 4.78 is 6.04. The summed E-state index contributed by atoms with van der Waals surface area (Å²) in [6.45, 7) is -0.394. The lowest BCUT2D eigenvalue weighted by molar-refractivity contribution is -0.139. The molecule has 0 saturated carbocycles. The van der Waals surface area contributed by atoms with Crippen LogP contribution in [-0.4, -0.2) is 28.8 Å². The first-order chi connectivity index (χ1) is 12.5. The number of benzene rings is 2. The third-order valence-electron chi connectivity index (χ3n) is 3.25. The summed E-state index contributed by atoms with van der Waals surface area (Å²) in [6.07, 6.45) is 1.74. The van der Waals surface area contributed by atoms with Crippen LogP contribution in [0.4, 0.5) is 5.69 Å². The lowest BCUT2D eigenvalue weighted by Gasteiger charge is -2.03. The Labute approximate surface area is 162 Å². The number of nitrogens with zero attached hydrogens (tertiary/aromatic N) is 1. The van der Waals surface area contributed by atoms with Crippen molar-refractivity contribution in [2.45, 2.75) is 0 Å². The summed E-state index contributed by atoms with van der Waals surface area (Å²) in [5.74, 6) is -0.791. The molecule has 0 radical (unpaired) electrons. The molecule has 2 aromatic carbocycles. The molecule has 8 heteroatoms. The van der Waals surface area contributed by atoms with Gasteiger partial charge in [-0.1, -0.05) is 28.1 Å². The van der Waals surface area contributed by atoms with Crippen molar-refractivity contribution in [3.63, 3.8) is 0 Å². The zero-order valence-electron chi connectivity index (χ0n) is 13.3. The second-order valence-corrected chi connectivity index (χ2v) is 7.16. The molecule has 26 heavy (non-hydrogen) atoms. The van der Waals surface area contributed by atoms with Crippen LogP contribution in [0.3, 0.4) is 0 Å². The van der Waals surface area contributed by atoms with Crippen molar-refractivity contribution >= 4 is 56.5 Å². The molecule has 1 heterocycles. The number of aliphatic imine (C=N–C) groups is 1. The van der Waals surface area contributed by atoms with Crippen LogP contribution in [0.15, 0.2) is 62.9 Å². The van der Waals surface area contributed by atoms with Gasteiger partial charge in [0.25, 0.3) is 5.91 Å². The molecule has 0 spiro atoms. The summed E-state index contributed by atoms with van der Waals surface area (Å²) in [5.41, 5.74) is 1.55. The van der Waals surface area contributed by atoms with Gasteiger partial charge in [-0.2, -0.15) is 0 Å². The molecule has 0 aliphatic carbocycles. The van der Waals surface area contributed by atoms with Crippen molar-refractivity contribution in [1.82, 2.24) is 5.32 Å². The van der Waals surface area contributed by atoms with E-state index in [2.05, 4.69) is 26.2 Å². The minimum Gasteiger partial charge on any atom is -0.482 e. The average molecular weight is 433 g/mol. The fourth-order valence-corrected chi connectivity index (χ4v) is 3.18. The number of amides is 1. The van der Waals surface area contributed by atoms with Gasteiger partial charge in [-0.05, 0) is 59.8 Å². The number of hydrogen-bond donors (Lipinski definition) is 2. The first-order valence-corrected chi connectivity index (χ1v) is 9.10. The monoisotopic (exact) mass is 432 g/mol. The van der Waals surface area contributed by atoms with Crippen LogP contribution in [0.5, 0.6) is 5.75 Å². The van der Waals surface area contributed by atoms with E-state index >= 15 is 0 Å². The number of carboxylic acid groups (broad SMARTS) is 1. The lowest BCUT2D eigenvalue weighted by Crippen LogP contribution is -2.19. The minimum atomic E-state index is -1.03. The Morgan fingerprint density at radius 1 is 1.19 bits per heavy atom. The Hall–Kier alpha value is -2.58. The van der Waals surface area contributed by atoms with Gasteiger partial charge in [0.05, 0.1) is 10.6 Å². The van der Waals surface area contributed by atoms with Crippen LogP contribution >= 0.6 is 27.7 Å². The van der Waals surface area contributed by atoms with Crippen LogP contribution in [-0.2, 0) is 9.59 Å². The number of ether oxygens (including phenoxy) is 1. The van der Waals surface area contributed by atoms with Crippen molar-refractivity contribution < 1.29 is 19.4 Å². The van der Waals surface area contributed by atoms with Gasteiger partial charge in [-0.3, -0.25) is 4.79 Å². The summed E-state index contributed by atoms with van der Waals surface area (Å²) in [4.78, 5) is 27.5. The van der Waals surface area contributed by atoms with Crippen LogP contribution in [0.1, 0.15) is 5.56 Å². The molecule has 2 aromatic rings. The topological polar surface area (TPSA) is 88.0 Å². The van der Waals surface area contributed by atoms with Crippen molar-refractivity contribution in [2.24, 2.45) is 4.99 Å². The van der Waals surface area contributed by atoms with Gasteiger partial charge >= 0.3 is 5.97 Å². The second kappa shape index (κ2) is 8.20. The highest BCUT2D eigenvalue weighted by Gasteiger charge is 2.23. The Kier molecular flexibility index (Phi) is 5.75. The number of carboxylic acids is 1. The molecule has 1 aliphatic rings. The van der Waals surface area contributed by atoms with Gasteiger partial charge in [0.2, 0.25) is 0 Å². The van der Waals surface area contributed by atoms with E-state index < -0.39 is 12.6 Å². The molecule has 1 saturated heterocycles. The van der Waals surface area contributed by atoms with E-state index in [4.69, 9.17) is 9.84 Å². The van der Waals surface area contributed by atoms with Crippen LogP contribution in [0.25, 0.3) is 6.08 Å². The number of halogens is 1. The number of carbonyl (C=O) groups is 2. The van der Waals surface area contributed by atoms with E-state index in [0.29, 0.717) is 15.8 Å². The smallest absolute Gasteiger partial charge is 0.341 e. The molecule has 2 N–H and O–H groups in total. The highest BCUT2D eigenvalue weighted by molar-refractivity contribution is 9.10. The maximum Gasteiger partial charge on any atom is 0.341 e. The Balaban J connectivity index is 1.70. The third-order valence-corrected chi connectivity index (χ3v) is 4.69. The van der Waals surface area contributed by atoms with E-state index in [9.17, 15) is 9.59 Å².